The van der Waals surface area contributed by atoms with Gasteiger partial charge in [0.05, 0.1) is 15.5 Å². The third-order valence-electron chi connectivity index (χ3n) is 3.14. The van der Waals surface area contributed by atoms with E-state index >= 15 is 0 Å². The van der Waals surface area contributed by atoms with Gasteiger partial charge in [0.25, 0.3) is 5.69 Å². The van der Waals surface area contributed by atoms with Gasteiger partial charge in [-0.05, 0) is 31.2 Å². The van der Waals surface area contributed by atoms with E-state index in [1.54, 1.807) is 0 Å². The first-order valence-electron chi connectivity index (χ1n) is 7.03. The lowest BCUT2D eigenvalue weighted by Crippen LogP contribution is -2.13. The highest BCUT2D eigenvalue weighted by molar-refractivity contribution is 7.92. The molecule has 0 amide bonds. The molecule has 0 aliphatic carbocycles. The number of hydrogen-bond acceptors (Lipinski definition) is 7. The monoisotopic (exact) mass is 362 g/mol. The summed E-state index contributed by atoms with van der Waals surface area (Å²) in [5.41, 5.74) is 0.166. The van der Waals surface area contributed by atoms with Gasteiger partial charge in [0.2, 0.25) is 0 Å². The predicted molar refractivity (Wildman–Crippen MR) is 91.2 cm³/mol. The molecule has 0 bridgehead atoms. The third-order valence-corrected chi connectivity index (χ3v) is 4.90. The zero-order valence-electron chi connectivity index (χ0n) is 13.1. The molecule has 25 heavy (non-hydrogen) atoms. The van der Waals surface area contributed by atoms with Gasteiger partial charge in [-0.1, -0.05) is 6.07 Å². The van der Waals surface area contributed by atoms with Crippen LogP contribution in [0.1, 0.15) is 12.5 Å². The first-order valence-corrected chi connectivity index (χ1v) is 8.68. The van der Waals surface area contributed by atoms with E-state index < -0.39 is 26.3 Å². The average Bonchev–Trinajstić information content (AvgIpc) is 2.53. The molecule has 2 aromatic carbocycles. The van der Waals surface area contributed by atoms with Gasteiger partial charge in [-0.15, -0.1) is 0 Å². The Kier molecular flexibility index (Phi) is 5.28. The van der Waals surface area contributed by atoms with Crippen molar-refractivity contribution in [2.75, 3.05) is 5.75 Å². The van der Waals surface area contributed by atoms with Gasteiger partial charge >= 0.3 is 0 Å². The van der Waals surface area contributed by atoms with Crippen molar-refractivity contribution in [3.05, 3.63) is 58.1 Å². The Balaban J connectivity index is 2.34. The number of hydrogen-bond donors (Lipinski definition) is 1. The van der Waals surface area contributed by atoms with E-state index in [2.05, 4.69) is 4.99 Å². The summed E-state index contributed by atoms with van der Waals surface area (Å²) in [5, 5.41) is 20.5. The Morgan fingerprint density at radius 1 is 1.28 bits per heavy atom. The quantitative estimate of drug-likeness (QED) is 0.477. The fourth-order valence-corrected chi connectivity index (χ4v) is 3.30. The zero-order chi connectivity index (χ0) is 18.6. The number of ketones is 1. The van der Waals surface area contributed by atoms with Gasteiger partial charge in [-0.2, -0.15) is 0 Å². The van der Waals surface area contributed by atoms with Crippen molar-refractivity contribution >= 4 is 33.2 Å². The fourth-order valence-electron chi connectivity index (χ4n) is 2.01. The van der Waals surface area contributed by atoms with Crippen LogP contribution in [-0.2, 0) is 14.6 Å². The van der Waals surface area contributed by atoms with Crippen LogP contribution in [-0.4, -0.2) is 36.2 Å². The SMILES string of the molecule is CC(=O)CS(=O)(=O)c1cccc(N=Cc2cc([N+](=O)[O-])ccc2O)c1. The van der Waals surface area contributed by atoms with E-state index in [-0.39, 0.29) is 27.6 Å². The van der Waals surface area contributed by atoms with Crippen molar-refractivity contribution in [3.8, 4) is 5.75 Å². The first-order chi connectivity index (χ1) is 11.7. The normalized spacial score (nSPS) is 11.6. The molecule has 130 valence electrons. The maximum atomic E-state index is 12.1. The maximum Gasteiger partial charge on any atom is 0.270 e. The number of benzene rings is 2. The molecule has 0 spiro atoms. The molecule has 0 radical (unpaired) electrons. The van der Waals surface area contributed by atoms with Gasteiger partial charge in [0.15, 0.2) is 9.84 Å². The van der Waals surface area contributed by atoms with Crippen LogP contribution < -0.4 is 0 Å². The third kappa shape index (κ3) is 4.70. The van der Waals surface area contributed by atoms with Crippen molar-refractivity contribution < 1.29 is 23.2 Å². The summed E-state index contributed by atoms with van der Waals surface area (Å²) in [4.78, 5) is 25.2. The lowest BCUT2D eigenvalue weighted by atomic mass is 10.2. The second kappa shape index (κ2) is 7.22. The number of rotatable bonds is 6. The lowest BCUT2D eigenvalue weighted by Gasteiger charge is -2.03. The number of carbonyl (C=O) groups is 1. The summed E-state index contributed by atoms with van der Waals surface area (Å²) >= 11 is 0. The van der Waals surface area contributed by atoms with Crippen LogP contribution in [0, 0.1) is 10.1 Å². The van der Waals surface area contributed by atoms with Gasteiger partial charge in [-0.25, -0.2) is 8.42 Å². The molecular weight excluding hydrogens is 348 g/mol. The molecule has 0 saturated carbocycles. The largest absolute Gasteiger partial charge is 0.507 e. The molecule has 0 atom stereocenters. The second-order valence-corrected chi connectivity index (χ2v) is 7.21. The van der Waals surface area contributed by atoms with Crippen molar-refractivity contribution in [1.82, 2.24) is 0 Å². The van der Waals surface area contributed by atoms with Crippen LogP contribution in [0.5, 0.6) is 5.75 Å². The topological polar surface area (TPSA) is 127 Å². The minimum absolute atomic E-state index is 0.0550. The number of non-ortho nitro benzene ring substituents is 1. The number of Topliss-reactive ketones (excluding diaryl/α,β-unsaturated/α-hetero) is 1. The first kappa shape index (κ1) is 18.3. The Hall–Kier alpha value is -3.07. The van der Waals surface area contributed by atoms with Gasteiger partial charge < -0.3 is 5.11 Å². The molecule has 0 saturated heterocycles. The molecule has 0 heterocycles. The number of carbonyl (C=O) groups excluding carboxylic acids is 1. The van der Waals surface area contributed by atoms with Crippen molar-refractivity contribution in [2.45, 2.75) is 11.8 Å². The van der Waals surface area contributed by atoms with Crippen molar-refractivity contribution in [1.29, 1.82) is 0 Å². The minimum atomic E-state index is -3.75. The Labute approximate surface area is 143 Å². The highest BCUT2D eigenvalue weighted by atomic mass is 32.2. The number of phenolic OH excluding ortho intramolecular Hbond substituents is 1. The summed E-state index contributed by atoms with van der Waals surface area (Å²) in [6.07, 6.45) is 1.19. The summed E-state index contributed by atoms with van der Waals surface area (Å²) < 4.78 is 24.1. The van der Waals surface area contributed by atoms with Crippen LogP contribution in [0.25, 0.3) is 0 Å². The number of nitro benzene ring substituents is 1. The van der Waals surface area contributed by atoms with Crippen molar-refractivity contribution in [2.24, 2.45) is 4.99 Å². The Morgan fingerprint density at radius 2 is 2.00 bits per heavy atom. The number of phenols is 1. The molecular formula is C16H14N2O6S. The van der Waals surface area contributed by atoms with Crippen LogP contribution >= 0.6 is 0 Å². The lowest BCUT2D eigenvalue weighted by molar-refractivity contribution is -0.384. The van der Waals surface area contributed by atoms with Gasteiger partial charge in [0.1, 0.15) is 17.3 Å². The maximum absolute atomic E-state index is 12.1. The highest BCUT2D eigenvalue weighted by Crippen LogP contribution is 2.23. The molecule has 0 aliphatic rings. The van der Waals surface area contributed by atoms with E-state index in [9.17, 15) is 28.4 Å². The van der Waals surface area contributed by atoms with E-state index in [1.165, 1.54) is 43.5 Å². The second-order valence-electron chi connectivity index (χ2n) is 5.22. The van der Waals surface area contributed by atoms with Gasteiger partial charge in [-0.3, -0.25) is 19.9 Å². The number of aromatic hydroxyl groups is 1. The molecule has 0 fully saturated rings. The number of nitro groups is 1. The van der Waals surface area contributed by atoms with Gasteiger partial charge in [0, 0.05) is 23.9 Å². The zero-order valence-corrected chi connectivity index (χ0v) is 13.9. The average molecular weight is 362 g/mol. The molecule has 0 aromatic heterocycles. The summed E-state index contributed by atoms with van der Waals surface area (Å²) in [6.45, 7) is 1.19. The minimum Gasteiger partial charge on any atom is -0.507 e. The summed E-state index contributed by atoms with van der Waals surface area (Å²) in [6, 6.07) is 9.10. The predicted octanol–water partition coefficient (Wildman–Crippen LogP) is 2.41. The fraction of sp³-hybridized carbons (Fsp3) is 0.125. The highest BCUT2D eigenvalue weighted by Gasteiger charge is 2.17. The van der Waals surface area contributed by atoms with E-state index in [4.69, 9.17) is 0 Å². The molecule has 2 aromatic rings. The Bertz CT molecular complexity index is 966. The Morgan fingerprint density at radius 3 is 2.64 bits per heavy atom. The van der Waals surface area contributed by atoms with E-state index in [0.29, 0.717) is 0 Å². The van der Waals surface area contributed by atoms with Crippen molar-refractivity contribution in [3.63, 3.8) is 0 Å². The molecule has 2 rings (SSSR count). The smallest absolute Gasteiger partial charge is 0.270 e. The summed E-state index contributed by atoms with van der Waals surface area (Å²) in [5.74, 6) is -1.28. The number of sulfone groups is 1. The molecule has 0 aliphatic heterocycles. The van der Waals surface area contributed by atoms with E-state index in [0.717, 1.165) is 12.1 Å². The van der Waals surface area contributed by atoms with E-state index in [1.807, 2.05) is 0 Å². The van der Waals surface area contributed by atoms with Crippen LogP contribution in [0.4, 0.5) is 11.4 Å². The number of aliphatic imine (C=N–C) groups is 1. The summed E-state index contributed by atoms with van der Waals surface area (Å²) in [7, 11) is -3.75. The molecule has 8 nitrogen and oxygen atoms in total. The number of nitrogens with zero attached hydrogens (tertiary/aromatic N) is 2. The molecule has 0 unspecified atom stereocenters. The van der Waals surface area contributed by atoms with Crippen LogP contribution in [0.3, 0.4) is 0 Å². The standard InChI is InChI=1S/C16H14N2O6S/c1-11(19)10-25(23,24)15-4-2-3-13(8-15)17-9-12-7-14(18(21)22)5-6-16(12)20/h2-9,20H,10H2,1H3. The van der Waals surface area contributed by atoms with Crippen LogP contribution in [0.15, 0.2) is 52.4 Å². The van der Waals surface area contributed by atoms with Crippen LogP contribution in [0.2, 0.25) is 0 Å². The molecule has 1 N–H and O–H groups in total. The molecule has 9 heteroatoms.